The first-order valence-corrected chi connectivity index (χ1v) is 11.2. The molecule has 5 rings (SSSR count). The average molecular weight is 473 g/mol. The van der Waals surface area contributed by atoms with Crippen LogP contribution >= 0.6 is 0 Å². The van der Waals surface area contributed by atoms with E-state index in [4.69, 9.17) is 9.47 Å². The quantitative estimate of drug-likeness (QED) is 0.298. The lowest BCUT2D eigenvalue weighted by molar-refractivity contribution is -0.137. The molecule has 0 radical (unpaired) electrons. The van der Waals surface area contributed by atoms with E-state index in [-0.39, 0.29) is 0 Å². The van der Waals surface area contributed by atoms with Crippen LogP contribution in [0.25, 0.3) is 22.9 Å². The Morgan fingerprint density at radius 1 is 0.914 bits per heavy atom. The Kier molecular flexibility index (Phi) is 5.64. The second kappa shape index (κ2) is 8.66. The summed E-state index contributed by atoms with van der Waals surface area (Å²) in [5.74, 6) is 1.42. The summed E-state index contributed by atoms with van der Waals surface area (Å²) in [5.41, 5.74) is 1.60. The van der Waals surface area contributed by atoms with Gasteiger partial charge in [0.2, 0.25) is 0 Å². The van der Waals surface area contributed by atoms with E-state index in [2.05, 4.69) is 0 Å². The van der Waals surface area contributed by atoms with Crippen molar-refractivity contribution in [1.29, 1.82) is 0 Å². The van der Waals surface area contributed by atoms with Gasteiger partial charge in [-0.2, -0.15) is 13.2 Å². The molecule has 1 atom stereocenters. The van der Waals surface area contributed by atoms with E-state index in [9.17, 15) is 13.2 Å². The summed E-state index contributed by atoms with van der Waals surface area (Å²) in [4.78, 5) is 0. The van der Waals surface area contributed by atoms with Gasteiger partial charge in [0.1, 0.15) is 11.5 Å². The Hall–Kier alpha value is -3.99. The van der Waals surface area contributed by atoms with E-state index in [1.54, 1.807) is 7.11 Å². The summed E-state index contributed by atoms with van der Waals surface area (Å²) < 4.78 is 51.7. The van der Waals surface area contributed by atoms with Crippen LogP contribution in [0.5, 0.6) is 11.5 Å². The monoisotopic (exact) mass is 472 g/mol. The van der Waals surface area contributed by atoms with Crippen molar-refractivity contribution in [3.8, 4) is 11.5 Å². The van der Waals surface area contributed by atoms with Crippen LogP contribution in [0.15, 0.2) is 96.6 Å². The van der Waals surface area contributed by atoms with Gasteiger partial charge in [-0.1, -0.05) is 54.6 Å². The molecule has 0 N–H and O–H groups in total. The molecular weight excluding hydrogens is 449 g/mol. The molecule has 35 heavy (non-hydrogen) atoms. The Morgan fingerprint density at radius 2 is 1.66 bits per heavy atom. The minimum absolute atomic E-state index is 0.618. The molecule has 1 unspecified atom stereocenters. The van der Waals surface area contributed by atoms with Gasteiger partial charge in [0.15, 0.2) is 5.60 Å². The molecule has 176 valence electrons. The first-order valence-electron chi connectivity index (χ1n) is 11.2. The molecule has 0 aliphatic carbocycles. The number of benzene rings is 4. The molecule has 0 spiro atoms. The number of rotatable bonds is 4. The summed E-state index contributed by atoms with van der Waals surface area (Å²) in [7, 11) is 1.63. The maximum absolute atomic E-state index is 13.2. The summed E-state index contributed by atoms with van der Waals surface area (Å²) in [6, 6.07) is 24.7. The molecule has 1 heterocycles. The number of ether oxygens (including phenoxy) is 2. The molecule has 0 saturated carbocycles. The van der Waals surface area contributed by atoms with Crippen molar-refractivity contribution in [2.24, 2.45) is 0 Å². The van der Waals surface area contributed by atoms with Gasteiger partial charge in [-0.3, -0.25) is 0 Å². The molecule has 0 aromatic heterocycles. The second-order valence-electron chi connectivity index (χ2n) is 8.55. The summed E-state index contributed by atoms with van der Waals surface area (Å²) in [5, 5.41) is 2.01. The fourth-order valence-corrected chi connectivity index (χ4v) is 4.52. The normalized spacial score (nSPS) is 17.7. The summed E-state index contributed by atoms with van der Waals surface area (Å²) >= 11 is 0. The SMILES string of the molecule is COc1ccc2c3c(ccc2c1)OC(/C(C)=C/c1ccccc1)(c1ccc(C(F)(F)F)cc1)C=C3. The molecular formula is C30H23F3O2. The van der Waals surface area contributed by atoms with Crippen molar-refractivity contribution >= 4 is 22.9 Å². The van der Waals surface area contributed by atoms with Crippen molar-refractivity contribution in [3.05, 3.63) is 119 Å². The average Bonchev–Trinajstić information content (AvgIpc) is 2.88. The zero-order valence-electron chi connectivity index (χ0n) is 19.3. The van der Waals surface area contributed by atoms with Crippen LogP contribution in [0.1, 0.15) is 29.2 Å². The summed E-state index contributed by atoms with van der Waals surface area (Å²) in [6.07, 6.45) is 1.51. The van der Waals surface area contributed by atoms with Gasteiger partial charge in [-0.05, 0) is 77.4 Å². The predicted octanol–water partition coefficient (Wildman–Crippen LogP) is 8.27. The zero-order valence-corrected chi connectivity index (χ0v) is 19.3. The molecule has 0 amide bonds. The highest BCUT2D eigenvalue weighted by Crippen LogP contribution is 2.45. The van der Waals surface area contributed by atoms with E-state index < -0.39 is 17.3 Å². The highest BCUT2D eigenvalue weighted by Gasteiger charge is 2.38. The zero-order chi connectivity index (χ0) is 24.6. The lowest BCUT2D eigenvalue weighted by Gasteiger charge is -2.37. The maximum Gasteiger partial charge on any atom is 0.416 e. The highest BCUT2D eigenvalue weighted by atomic mass is 19.4. The maximum atomic E-state index is 13.2. The third-order valence-electron chi connectivity index (χ3n) is 6.39. The predicted molar refractivity (Wildman–Crippen MR) is 133 cm³/mol. The minimum Gasteiger partial charge on any atom is -0.497 e. The van der Waals surface area contributed by atoms with Crippen molar-refractivity contribution in [1.82, 2.24) is 0 Å². The topological polar surface area (TPSA) is 18.5 Å². The van der Waals surface area contributed by atoms with E-state index in [0.717, 1.165) is 45.4 Å². The fourth-order valence-electron chi connectivity index (χ4n) is 4.52. The first kappa shape index (κ1) is 22.8. The third kappa shape index (κ3) is 4.18. The molecule has 5 heteroatoms. The third-order valence-corrected chi connectivity index (χ3v) is 6.39. The number of halogens is 3. The van der Waals surface area contributed by atoms with E-state index in [0.29, 0.717) is 11.3 Å². The van der Waals surface area contributed by atoms with Crippen LogP contribution in [0.4, 0.5) is 13.2 Å². The second-order valence-corrected chi connectivity index (χ2v) is 8.55. The molecule has 0 saturated heterocycles. The van der Waals surface area contributed by atoms with Crippen LogP contribution in [0, 0.1) is 0 Å². The molecule has 1 aliphatic rings. The van der Waals surface area contributed by atoms with E-state index in [1.165, 1.54) is 12.1 Å². The van der Waals surface area contributed by atoms with Crippen LogP contribution < -0.4 is 9.47 Å². The van der Waals surface area contributed by atoms with Gasteiger partial charge in [-0.15, -0.1) is 0 Å². The highest BCUT2D eigenvalue weighted by molar-refractivity contribution is 5.94. The first-order chi connectivity index (χ1) is 16.8. The van der Waals surface area contributed by atoms with Gasteiger partial charge in [-0.25, -0.2) is 0 Å². The molecule has 4 aromatic carbocycles. The number of hydrogen-bond donors (Lipinski definition) is 0. The Morgan fingerprint density at radius 3 is 2.34 bits per heavy atom. The number of alkyl halides is 3. The molecule has 0 bridgehead atoms. The number of hydrogen-bond acceptors (Lipinski definition) is 2. The lowest BCUT2D eigenvalue weighted by Crippen LogP contribution is -2.34. The van der Waals surface area contributed by atoms with Crippen LogP contribution in [-0.2, 0) is 11.8 Å². The standard InChI is InChI=1S/C30H23F3O2/c1-20(18-21-6-4-3-5-7-21)29(23-9-11-24(12-10-23)30(31,32)33)17-16-27-26-14-13-25(34-2)19-22(26)8-15-28(27)35-29/h3-19H,1-2H3/b20-18+. The van der Waals surface area contributed by atoms with E-state index in [1.807, 2.05) is 85.8 Å². The lowest BCUT2D eigenvalue weighted by atomic mass is 9.82. The van der Waals surface area contributed by atoms with Gasteiger partial charge < -0.3 is 9.47 Å². The molecule has 4 aromatic rings. The van der Waals surface area contributed by atoms with Crippen molar-refractivity contribution in [2.45, 2.75) is 18.7 Å². The van der Waals surface area contributed by atoms with Crippen LogP contribution in [-0.4, -0.2) is 7.11 Å². The van der Waals surface area contributed by atoms with Crippen molar-refractivity contribution < 1.29 is 22.6 Å². The van der Waals surface area contributed by atoms with Gasteiger partial charge in [0.05, 0.1) is 12.7 Å². The van der Waals surface area contributed by atoms with Crippen LogP contribution in [0.3, 0.4) is 0 Å². The summed E-state index contributed by atoms with van der Waals surface area (Å²) in [6.45, 7) is 1.94. The molecule has 0 fully saturated rings. The smallest absolute Gasteiger partial charge is 0.416 e. The number of methoxy groups -OCH3 is 1. The molecule has 2 nitrogen and oxygen atoms in total. The Labute approximate surface area is 201 Å². The Balaban J connectivity index is 1.66. The van der Waals surface area contributed by atoms with Crippen molar-refractivity contribution in [3.63, 3.8) is 0 Å². The fraction of sp³-hybridized carbons (Fsp3) is 0.133. The van der Waals surface area contributed by atoms with E-state index >= 15 is 0 Å². The van der Waals surface area contributed by atoms with Gasteiger partial charge in [0.25, 0.3) is 0 Å². The van der Waals surface area contributed by atoms with Crippen molar-refractivity contribution in [2.75, 3.05) is 7.11 Å². The molecule has 1 aliphatic heterocycles. The largest absolute Gasteiger partial charge is 0.497 e. The number of fused-ring (bicyclic) bond motifs is 3. The van der Waals surface area contributed by atoms with Crippen LogP contribution in [0.2, 0.25) is 0 Å². The Bertz CT molecular complexity index is 1430. The van der Waals surface area contributed by atoms with Gasteiger partial charge in [0, 0.05) is 11.1 Å². The minimum atomic E-state index is -4.41. The van der Waals surface area contributed by atoms with Gasteiger partial charge >= 0.3 is 6.18 Å².